The first-order valence-electron chi connectivity index (χ1n) is 7.41. The molecule has 0 unspecified atom stereocenters. The van der Waals surface area contributed by atoms with Crippen molar-refractivity contribution in [3.63, 3.8) is 0 Å². The number of nitrogens with one attached hydrogen (secondary N) is 2. The molecule has 0 aliphatic heterocycles. The number of unbranched alkanes of at least 4 members (excludes halogenated alkanes) is 1. The Labute approximate surface area is 146 Å². The first-order chi connectivity index (χ1) is 9.61. The number of amides is 1. The van der Waals surface area contributed by atoms with Gasteiger partial charge >= 0.3 is 0 Å². The van der Waals surface area contributed by atoms with E-state index in [-0.39, 0.29) is 29.9 Å². The minimum absolute atomic E-state index is 0. The van der Waals surface area contributed by atoms with Crippen molar-refractivity contribution in [1.82, 2.24) is 15.5 Å². The first kappa shape index (κ1) is 22.7. The zero-order valence-electron chi connectivity index (χ0n) is 13.8. The predicted octanol–water partition coefficient (Wildman–Crippen LogP) is 1.45. The van der Waals surface area contributed by atoms with Crippen LogP contribution >= 0.6 is 24.0 Å². The number of aliphatic imine (C=N–C) groups is 1. The smallest absolute Gasteiger partial charge is 0.223 e. The second-order valence-corrected chi connectivity index (χ2v) is 4.63. The van der Waals surface area contributed by atoms with Crippen LogP contribution in [0.1, 0.15) is 33.1 Å². The molecule has 1 amide bonds. The van der Waals surface area contributed by atoms with Crippen molar-refractivity contribution in [1.29, 1.82) is 0 Å². The van der Waals surface area contributed by atoms with Crippen LogP contribution in [0.3, 0.4) is 0 Å². The molecule has 0 spiro atoms. The van der Waals surface area contributed by atoms with Crippen LogP contribution in [0.5, 0.6) is 0 Å². The van der Waals surface area contributed by atoms with Gasteiger partial charge in [-0.3, -0.25) is 9.79 Å². The van der Waals surface area contributed by atoms with E-state index >= 15 is 0 Å². The maximum atomic E-state index is 11.5. The van der Waals surface area contributed by atoms with E-state index in [2.05, 4.69) is 15.6 Å². The number of nitrogens with zero attached hydrogens (tertiary/aromatic N) is 2. The van der Waals surface area contributed by atoms with E-state index < -0.39 is 0 Å². The number of halogens is 1. The van der Waals surface area contributed by atoms with E-state index in [1.807, 2.05) is 13.8 Å². The summed E-state index contributed by atoms with van der Waals surface area (Å²) in [7, 11) is 3.53. The quantitative estimate of drug-likeness (QED) is 0.246. The summed E-state index contributed by atoms with van der Waals surface area (Å²) in [4.78, 5) is 17.5. The number of hydrogen-bond donors (Lipinski definition) is 2. The van der Waals surface area contributed by atoms with E-state index in [9.17, 15) is 4.79 Å². The van der Waals surface area contributed by atoms with Crippen LogP contribution in [0.25, 0.3) is 0 Å². The van der Waals surface area contributed by atoms with Gasteiger partial charge < -0.3 is 20.3 Å². The highest BCUT2D eigenvalue weighted by atomic mass is 127. The Morgan fingerprint density at radius 3 is 2.48 bits per heavy atom. The highest BCUT2D eigenvalue weighted by molar-refractivity contribution is 14.0. The monoisotopic (exact) mass is 414 g/mol. The van der Waals surface area contributed by atoms with E-state index in [1.54, 1.807) is 19.0 Å². The molecule has 0 aromatic heterocycles. The lowest BCUT2D eigenvalue weighted by Gasteiger charge is -2.13. The molecule has 7 heteroatoms. The van der Waals surface area contributed by atoms with Crippen molar-refractivity contribution in [3.8, 4) is 0 Å². The minimum Gasteiger partial charge on any atom is -0.382 e. The molecule has 0 aliphatic carbocycles. The fourth-order valence-corrected chi connectivity index (χ4v) is 1.50. The van der Waals surface area contributed by atoms with Gasteiger partial charge in [0.15, 0.2) is 5.96 Å². The van der Waals surface area contributed by atoms with Gasteiger partial charge in [-0.1, -0.05) is 0 Å². The molecule has 0 heterocycles. The Bertz CT molecular complexity index is 286. The van der Waals surface area contributed by atoms with Crippen LogP contribution in [0.15, 0.2) is 4.99 Å². The van der Waals surface area contributed by atoms with E-state index in [0.717, 1.165) is 45.1 Å². The summed E-state index contributed by atoms with van der Waals surface area (Å²) in [5, 5.41) is 6.34. The lowest BCUT2D eigenvalue weighted by Crippen LogP contribution is -2.39. The molecule has 0 aromatic rings. The van der Waals surface area contributed by atoms with Gasteiger partial charge in [0.25, 0.3) is 0 Å². The van der Waals surface area contributed by atoms with Gasteiger partial charge in [0.05, 0.1) is 0 Å². The summed E-state index contributed by atoms with van der Waals surface area (Å²) in [6.07, 6.45) is 2.50. The molecule has 0 aliphatic rings. The number of hydrogen-bond acceptors (Lipinski definition) is 3. The number of guanidine groups is 1. The van der Waals surface area contributed by atoms with Gasteiger partial charge in [-0.05, 0) is 26.7 Å². The molecular weight excluding hydrogens is 383 g/mol. The molecular formula is C14H31IN4O2. The summed E-state index contributed by atoms with van der Waals surface area (Å²) < 4.78 is 5.28. The van der Waals surface area contributed by atoms with Gasteiger partial charge in [0.1, 0.15) is 0 Å². The van der Waals surface area contributed by atoms with E-state index in [1.165, 1.54) is 0 Å². The molecule has 0 atom stereocenters. The van der Waals surface area contributed by atoms with Crippen molar-refractivity contribution >= 4 is 35.8 Å². The first-order valence-corrected chi connectivity index (χ1v) is 7.41. The second-order valence-electron chi connectivity index (χ2n) is 4.63. The third-order valence-electron chi connectivity index (χ3n) is 2.65. The Hall–Kier alpha value is -0.570. The number of ether oxygens (including phenoxy) is 1. The molecule has 126 valence electrons. The summed E-state index contributed by atoms with van der Waals surface area (Å²) in [5.74, 6) is 0.889. The third-order valence-corrected chi connectivity index (χ3v) is 2.65. The molecule has 0 bridgehead atoms. The van der Waals surface area contributed by atoms with Gasteiger partial charge in [0, 0.05) is 53.4 Å². The molecule has 0 fully saturated rings. The van der Waals surface area contributed by atoms with Crippen molar-refractivity contribution in [2.75, 3.05) is 46.9 Å². The minimum atomic E-state index is 0. The zero-order chi connectivity index (χ0) is 15.2. The SMILES string of the molecule is CCNC(=NCCCCOCC)NCCC(=O)N(C)C.I. The van der Waals surface area contributed by atoms with Gasteiger partial charge in [-0.15, -0.1) is 24.0 Å². The Morgan fingerprint density at radius 2 is 1.90 bits per heavy atom. The molecule has 0 radical (unpaired) electrons. The van der Waals surface area contributed by atoms with Crippen LogP contribution in [-0.2, 0) is 9.53 Å². The molecule has 0 saturated heterocycles. The summed E-state index contributed by atoms with van der Waals surface area (Å²) in [6, 6.07) is 0. The van der Waals surface area contributed by atoms with Crippen LogP contribution in [-0.4, -0.2) is 63.7 Å². The van der Waals surface area contributed by atoms with Gasteiger partial charge in [-0.25, -0.2) is 0 Å². The number of carbonyl (C=O) groups excluding carboxylic acids is 1. The summed E-state index contributed by atoms with van der Waals surface area (Å²) >= 11 is 0. The topological polar surface area (TPSA) is 66.0 Å². The second kappa shape index (κ2) is 15.8. The van der Waals surface area contributed by atoms with Crippen molar-refractivity contribution in [3.05, 3.63) is 0 Å². The standard InChI is InChI=1S/C14H30N4O2.HI/c1-5-15-14(16-10-7-8-12-20-6-2)17-11-9-13(19)18(3)4;/h5-12H2,1-4H3,(H2,15,16,17);1H. The average molecular weight is 414 g/mol. The zero-order valence-corrected chi connectivity index (χ0v) is 16.1. The number of carbonyl (C=O) groups is 1. The van der Waals surface area contributed by atoms with Crippen LogP contribution in [0.2, 0.25) is 0 Å². The summed E-state index contributed by atoms with van der Waals surface area (Å²) in [5.41, 5.74) is 0. The lowest BCUT2D eigenvalue weighted by molar-refractivity contribution is -0.128. The van der Waals surface area contributed by atoms with Crippen molar-refractivity contribution < 1.29 is 9.53 Å². The molecule has 0 rings (SSSR count). The molecule has 2 N–H and O–H groups in total. The largest absolute Gasteiger partial charge is 0.382 e. The molecule has 21 heavy (non-hydrogen) atoms. The Kier molecular flexibility index (Phi) is 17.1. The molecule has 0 aromatic carbocycles. The Morgan fingerprint density at radius 1 is 1.19 bits per heavy atom. The molecule has 0 saturated carbocycles. The van der Waals surface area contributed by atoms with Gasteiger partial charge in [0.2, 0.25) is 5.91 Å². The van der Waals surface area contributed by atoms with E-state index in [4.69, 9.17) is 4.74 Å². The highest BCUT2D eigenvalue weighted by Gasteiger charge is 2.03. The van der Waals surface area contributed by atoms with Gasteiger partial charge in [-0.2, -0.15) is 0 Å². The Balaban J connectivity index is 0. The van der Waals surface area contributed by atoms with Crippen LogP contribution < -0.4 is 10.6 Å². The third kappa shape index (κ3) is 14.1. The van der Waals surface area contributed by atoms with Crippen LogP contribution in [0, 0.1) is 0 Å². The fraction of sp³-hybridized carbons (Fsp3) is 0.857. The maximum Gasteiger partial charge on any atom is 0.223 e. The van der Waals surface area contributed by atoms with Crippen LogP contribution in [0.4, 0.5) is 0 Å². The molecule has 6 nitrogen and oxygen atoms in total. The lowest BCUT2D eigenvalue weighted by atomic mass is 10.3. The average Bonchev–Trinajstić information content (AvgIpc) is 2.42. The van der Waals surface area contributed by atoms with Crippen molar-refractivity contribution in [2.45, 2.75) is 33.1 Å². The number of rotatable bonds is 10. The highest BCUT2D eigenvalue weighted by Crippen LogP contribution is 1.91. The predicted molar refractivity (Wildman–Crippen MR) is 98.4 cm³/mol. The summed E-state index contributed by atoms with van der Waals surface area (Å²) in [6.45, 7) is 7.77. The normalized spacial score (nSPS) is 10.8. The maximum absolute atomic E-state index is 11.5. The van der Waals surface area contributed by atoms with Crippen molar-refractivity contribution in [2.24, 2.45) is 4.99 Å². The van der Waals surface area contributed by atoms with E-state index in [0.29, 0.717) is 13.0 Å². The fourth-order valence-electron chi connectivity index (χ4n) is 1.50.